The SMILES string of the molecule is COc1ccc(C2=NOC(c3cc(CO)c(CO)c(CO)c3)C2)cc1OCCCCCCCCCOc1ccc(C2NC(=O)c3cc(C)ccc3N2)cc1CO. The van der Waals surface area contributed by atoms with Crippen LogP contribution in [-0.2, 0) is 31.3 Å². The molecule has 0 saturated carbocycles. The number of methoxy groups -OCH3 is 1. The van der Waals surface area contributed by atoms with E-state index in [2.05, 4.69) is 15.8 Å². The first-order valence-corrected chi connectivity index (χ1v) is 19.4. The highest BCUT2D eigenvalue weighted by molar-refractivity contribution is 6.02. The lowest BCUT2D eigenvalue weighted by Gasteiger charge is -2.29. The number of rotatable bonds is 20. The van der Waals surface area contributed by atoms with Gasteiger partial charge in [-0.05, 0) is 102 Å². The van der Waals surface area contributed by atoms with Crippen molar-refractivity contribution in [2.75, 3.05) is 25.6 Å². The summed E-state index contributed by atoms with van der Waals surface area (Å²) < 4.78 is 17.7. The molecule has 2 unspecified atom stereocenters. The van der Waals surface area contributed by atoms with Gasteiger partial charge in [0.2, 0.25) is 0 Å². The lowest BCUT2D eigenvalue weighted by molar-refractivity contribution is 0.0853. The number of hydrogen-bond donors (Lipinski definition) is 6. The number of unbranched alkanes of at least 4 members (excludes halogenated alkanes) is 6. The number of amides is 1. The molecule has 12 nitrogen and oxygen atoms in total. The standard InChI is InChI=1S/C44H53N3O9/c1-28-10-13-37-35(18-28)44(52)46-43(45-37)30-12-14-39(34(19-30)26-50)54-16-8-6-4-3-5-7-9-17-55-42-22-29(11-15-40(42)53-2)38-23-41(56-47-38)31-20-32(24-48)36(27-51)33(21-31)25-49/h10-15,18-22,41,43,45,48-51H,3-9,16-17,23-27H2,1-2H3,(H,46,52). The van der Waals surface area contributed by atoms with Crippen LogP contribution in [0.3, 0.4) is 0 Å². The summed E-state index contributed by atoms with van der Waals surface area (Å²) in [5, 5.41) is 50.1. The van der Waals surface area contributed by atoms with E-state index in [1.165, 1.54) is 0 Å². The van der Waals surface area contributed by atoms with E-state index in [1.807, 2.05) is 61.5 Å². The van der Waals surface area contributed by atoms with Crippen molar-refractivity contribution >= 4 is 17.3 Å². The molecular formula is C44H53N3O9. The van der Waals surface area contributed by atoms with Crippen LogP contribution >= 0.6 is 0 Å². The zero-order chi connectivity index (χ0) is 39.4. The number of nitrogens with one attached hydrogen (secondary N) is 2. The average molecular weight is 768 g/mol. The van der Waals surface area contributed by atoms with Gasteiger partial charge in [0.25, 0.3) is 5.91 Å². The van der Waals surface area contributed by atoms with E-state index in [0.29, 0.717) is 64.7 Å². The molecule has 6 rings (SSSR count). The predicted molar refractivity (Wildman–Crippen MR) is 213 cm³/mol. The van der Waals surface area contributed by atoms with Crippen LogP contribution in [0.15, 0.2) is 71.9 Å². The van der Waals surface area contributed by atoms with Crippen LogP contribution in [-0.4, -0.2) is 52.4 Å². The van der Waals surface area contributed by atoms with Gasteiger partial charge in [0.05, 0.1) is 58.0 Å². The highest BCUT2D eigenvalue weighted by Gasteiger charge is 2.27. The first-order valence-electron chi connectivity index (χ1n) is 19.4. The summed E-state index contributed by atoms with van der Waals surface area (Å²) in [4.78, 5) is 18.5. The lowest BCUT2D eigenvalue weighted by atomic mass is 9.93. The Morgan fingerprint density at radius 3 is 2.00 bits per heavy atom. The van der Waals surface area contributed by atoms with Crippen LogP contribution in [0.25, 0.3) is 0 Å². The number of nitrogens with zero attached hydrogens (tertiary/aromatic N) is 1. The fraction of sp³-hybridized carbons (Fsp3) is 0.409. The minimum Gasteiger partial charge on any atom is -0.493 e. The van der Waals surface area contributed by atoms with E-state index in [4.69, 9.17) is 19.0 Å². The third-order valence-electron chi connectivity index (χ3n) is 10.4. The fourth-order valence-electron chi connectivity index (χ4n) is 7.23. The Morgan fingerprint density at radius 2 is 1.34 bits per heavy atom. The Morgan fingerprint density at radius 1 is 0.696 bits per heavy atom. The van der Waals surface area contributed by atoms with Gasteiger partial charge in [0.1, 0.15) is 11.9 Å². The minimum absolute atomic E-state index is 0.126. The van der Waals surface area contributed by atoms with E-state index in [1.54, 1.807) is 19.2 Å². The number of ether oxygens (including phenoxy) is 3. The maximum absolute atomic E-state index is 12.7. The molecule has 0 radical (unpaired) electrons. The Kier molecular flexibility index (Phi) is 14.2. The normalized spacial score (nSPS) is 16.0. The molecule has 2 heterocycles. The van der Waals surface area contributed by atoms with Gasteiger partial charge < -0.3 is 50.1 Å². The summed E-state index contributed by atoms with van der Waals surface area (Å²) in [6.07, 6.45) is 7.01. The van der Waals surface area contributed by atoms with Crippen molar-refractivity contribution in [3.05, 3.63) is 117 Å². The highest BCUT2D eigenvalue weighted by atomic mass is 16.6. The molecule has 0 spiro atoms. The molecule has 2 aliphatic heterocycles. The number of carbonyl (C=O) groups excluding carboxylic acids is 1. The van der Waals surface area contributed by atoms with Crippen molar-refractivity contribution in [1.82, 2.24) is 5.32 Å². The van der Waals surface area contributed by atoms with Crippen LogP contribution in [0, 0.1) is 6.92 Å². The van der Waals surface area contributed by atoms with Crippen LogP contribution in [0.5, 0.6) is 17.2 Å². The molecule has 4 aromatic rings. The smallest absolute Gasteiger partial charge is 0.255 e. The number of aliphatic hydroxyl groups excluding tert-OH is 4. The molecule has 56 heavy (non-hydrogen) atoms. The highest BCUT2D eigenvalue weighted by Crippen LogP contribution is 2.36. The Labute approximate surface area is 328 Å². The maximum Gasteiger partial charge on any atom is 0.255 e. The van der Waals surface area contributed by atoms with E-state index in [0.717, 1.165) is 78.6 Å². The second-order valence-electron chi connectivity index (χ2n) is 14.3. The summed E-state index contributed by atoms with van der Waals surface area (Å²) >= 11 is 0. The van der Waals surface area contributed by atoms with E-state index in [-0.39, 0.29) is 38.4 Å². The van der Waals surface area contributed by atoms with Crippen molar-refractivity contribution in [2.24, 2.45) is 5.16 Å². The van der Waals surface area contributed by atoms with Crippen molar-refractivity contribution in [3.8, 4) is 17.2 Å². The third kappa shape index (κ3) is 9.80. The minimum atomic E-state index is -0.394. The Hall–Kier alpha value is -5.14. The van der Waals surface area contributed by atoms with E-state index >= 15 is 0 Å². The second-order valence-corrected chi connectivity index (χ2v) is 14.3. The summed E-state index contributed by atoms with van der Waals surface area (Å²) in [7, 11) is 1.62. The zero-order valence-corrected chi connectivity index (χ0v) is 32.2. The van der Waals surface area contributed by atoms with E-state index in [9.17, 15) is 25.2 Å². The second kappa shape index (κ2) is 19.6. The number of aliphatic hydroxyl groups is 4. The molecule has 0 aromatic heterocycles. The molecule has 12 heteroatoms. The molecule has 6 N–H and O–H groups in total. The summed E-state index contributed by atoms with van der Waals surface area (Å²) in [5.41, 5.74) is 8.02. The van der Waals surface area contributed by atoms with Gasteiger partial charge in [-0.2, -0.15) is 0 Å². The first-order chi connectivity index (χ1) is 27.3. The summed E-state index contributed by atoms with van der Waals surface area (Å²) in [6, 6.07) is 20.7. The van der Waals surface area contributed by atoms with Crippen molar-refractivity contribution in [2.45, 2.75) is 97.0 Å². The Balaban J connectivity index is 0.881. The van der Waals surface area contributed by atoms with Gasteiger partial charge in [-0.1, -0.05) is 55.0 Å². The molecule has 0 aliphatic carbocycles. The number of oxime groups is 1. The largest absolute Gasteiger partial charge is 0.493 e. The zero-order valence-electron chi connectivity index (χ0n) is 32.2. The maximum atomic E-state index is 12.7. The topological polar surface area (TPSA) is 171 Å². The number of aryl methyl sites for hydroxylation is 1. The molecule has 2 atom stereocenters. The van der Waals surface area contributed by atoms with Gasteiger partial charge in [0, 0.05) is 23.2 Å². The van der Waals surface area contributed by atoms with Gasteiger partial charge in [-0.3, -0.25) is 4.79 Å². The number of anilines is 1. The van der Waals surface area contributed by atoms with Crippen LogP contribution < -0.4 is 24.8 Å². The molecule has 1 amide bonds. The van der Waals surface area contributed by atoms with Crippen molar-refractivity contribution in [1.29, 1.82) is 0 Å². The van der Waals surface area contributed by atoms with Crippen LogP contribution in [0.2, 0.25) is 0 Å². The van der Waals surface area contributed by atoms with Gasteiger partial charge in [0.15, 0.2) is 17.6 Å². The average Bonchev–Trinajstić information content (AvgIpc) is 3.73. The molecule has 0 saturated heterocycles. The van der Waals surface area contributed by atoms with Gasteiger partial charge in [-0.25, -0.2) is 0 Å². The number of hydrogen-bond acceptors (Lipinski definition) is 11. The van der Waals surface area contributed by atoms with Crippen LogP contribution in [0.1, 0.15) is 119 Å². The molecule has 4 aromatic carbocycles. The van der Waals surface area contributed by atoms with Crippen molar-refractivity contribution in [3.63, 3.8) is 0 Å². The molecule has 298 valence electrons. The molecule has 2 aliphatic rings. The number of fused-ring (bicyclic) bond motifs is 1. The molecule has 0 fully saturated rings. The lowest BCUT2D eigenvalue weighted by Crippen LogP contribution is -2.38. The molecule has 0 bridgehead atoms. The fourth-order valence-corrected chi connectivity index (χ4v) is 7.23. The van der Waals surface area contributed by atoms with E-state index < -0.39 is 6.17 Å². The summed E-state index contributed by atoms with van der Waals surface area (Å²) in [6.45, 7) is 2.16. The number of benzene rings is 4. The molecular weight excluding hydrogens is 714 g/mol. The predicted octanol–water partition coefficient (Wildman–Crippen LogP) is 6.88. The third-order valence-corrected chi connectivity index (χ3v) is 10.4. The Bertz CT molecular complexity index is 1970. The van der Waals surface area contributed by atoms with Gasteiger partial charge in [-0.15, -0.1) is 0 Å². The number of carbonyl (C=O) groups is 1. The van der Waals surface area contributed by atoms with Gasteiger partial charge >= 0.3 is 0 Å². The van der Waals surface area contributed by atoms with Crippen molar-refractivity contribution < 1.29 is 44.3 Å². The van der Waals surface area contributed by atoms with Crippen LogP contribution in [0.4, 0.5) is 5.69 Å². The first kappa shape index (κ1) is 40.5. The monoisotopic (exact) mass is 767 g/mol. The quantitative estimate of drug-likeness (QED) is 0.0521. The summed E-state index contributed by atoms with van der Waals surface area (Å²) in [5.74, 6) is 1.82.